The molecule has 2 aliphatic rings. The Labute approximate surface area is 88.9 Å². The highest BCUT2D eigenvalue weighted by Crippen LogP contribution is 2.44. The number of fused-ring (bicyclic) bond motifs is 1. The molecule has 0 N–H and O–H groups in total. The SMILES string of the molecule is CC1CN2CCCC(C)C2C(C)(C)C1. The number of rotatable bonds is 0. The van der Waals surface area contributed by atoms with Gasteiger partial charge in [0.1, 0.15) is 0 Å². The number of nitrogens with zero attached hydrogens (tertiary/aromatic N) is 1. The summed E-state index contributed by atoms with van der Waals surface area (Å²) in [5, 5.41) is 0. The van der Waals surface area contributed by atoms with Gasteiger partial charge in [0, 0.05) is 12.6 Å². The molecule has 0 aromatic heterocycles. The topological polar surface area (TPSA) is 3.24 Å². The molecule has 0 amide bonds. The predicted molar refractivity (Wildman–Crippen MR) is 61.3 cm³/mol. The van der Waals surface area contributed by atoms with Crippen molar-refractivity contribution in [2.45, 2.75) is 53.0 Å². The van der Waals surface area contributed by atoms with Crippen molar-refractivity contribution in [3.63, 3.8) is 0 Å². The molecular weight excluding hydrogens is 170 g/mol. The van der Waals surface area contributed by atoms with Crippen LogP contribution >= 0.6 is 0 Å². The van der Waals surface area contributed by atoms with Gasteiger partial charge < -0.3 is 0 Å². The average molecular weight is 195 g/mol. The Bertz CT molecular complexity index is 209. The lowest BCUT2D eigenvalue weighted by molar-refractivity contribution is -0.0429. The molecule has 0 aliphatic carbocycles. The fourth-order valence-corrected chi connectivity index (χ4v) is 4.23. The van der Waals surface area contributed by atoms with Gasteiger partial charge in [-0.15, -0.1) is 0 Å². The molecule has 2 aliphatic heterocycles. The Kier molecular flexibility index (Phi) is 2.63. The van der Waals surface area contributed by atoms with E-state index in [-0.39, 0.29) is 0 Å². The summed E-state index contributed by atoms with van der Waals surface area (Å²) in [6, 6.07) is 0.854. The van der Waals surface area contributed by atoms with Crippen LogP contribution in [-0.2, 0) is 0 Å². The second-order valence-electron chi connectivity index (χ2n) is 6.36. The van der Waals surface area contributed by atoms with Crippen molar-refractivity contribution in [1.82, 2.24) is 4.90 Å². The van der Waals surface area contributed by atoms with Crippen molar-refractivity contribution in [2.75, 3.05) is 13.1 Å². The third kappa shape index (κ3) is 1.71. The molecule has 0 radical (unpaired) electrons. The highest BCUT2D eigenvalue weighted by atomic mass is 15.2. The lowest BCUT2D eigenvalue weighted by atomic mass is 9.66. The Hall–Kier alpha value is -0.0400. The van der Waals surface area contributed by atoms with Gasteiger partial charge in [0.15, 0.2) is 0 Å². The van der Waals surface area contributed by atoms with Gasteiger partial charge in [-0.1, -0.05) is 27.7 Å². The van der Waals surface area contributed by atoms with Gasteiger partial charge in [-0.3, -0.25) is 4.90 Å². The minimum atomic E-state index is 0.539. The van der Waals surface area contributed by atoms with Crippen molar-refractivity contribution < 1.29 is 0 Å². The van der Waals surface area contributed by atoms with Gasteiger partial charge in [0.05, 0.1) is 0 Å². The maximum absolute atomic E-state index is 2.77. The van der Waals surface area contributed by atoms with E-state index in [2.05, 4.69) is 32.6 Å². The summed E-state index contributed by atoms with van der Waals surface area (Å²) in [6.07, 6.45) is 4.28. The zero-order valence-electron chi connectivity index (χ0n) is 10.2. The van der Waals surface area contributed by atoms with Crippen molar-refractivity contribution >= 4 is 0 Å². The maximum Gasteiger partial charge on any atom is 0.0172 e. The first-order valence-electron chi connectivity index (χ1n) is 6.25. The van der Waals surface area contributed by atoms with E-state index in [1.54, 1.807) is 0 Å². The zero-order chi connectivity index (χ0) is 10.3. The number of hydrogen-bond donors (Lipinski definition) is 0. The first kappa shape index (κ1) is 10.5. The molecule has 0 saturated carbocycles. The molecule has 0 aromatic carbocycles. The van der Waals surface area contributed by atoms with Gasteiger partial charge >= 0.3 is 0 Å². The molecule has 0 spiro atoms. The molecule has 3 unspecified atom stereocenters. The summed E-state index contributed by atoms with van der Waals surface area (Å²) < 4.78 is 0. The molecular formula is C13H25N. The lowest BCUT2D eigenvalue weighted by Crippen LogP contribution is -2.57. The van der Waals surface area contributed by atoms with Crippen molar-refractivity contribution in [1.29, 1.82) is 0 Å². The Morgan fingerprint density at radius 2 is 1.93 bits per heavy atom. The quantitative estimate of drug-likeness (QED) is 0.574. The van der Waals surface area contributed by atoms with E-state index in [1.807, 2.05) is 0 Å². The Morgan fingerprint density at radius 1 is 1.21 bits per heavy atom. The summed E-state index contributed by atoms with van der Waals surface area (Å²) >= 11 is 0. The number of hydrogen-bond acceptors (Lipinski definition) is 1. The standard InChI is InChI=1S/C13H25N/c1-10-8-13(3,4)12-11(2)6-5-7-14(12)9-10/h10-12H,5-9H2,1-4H3. The Balaban J connectivity index is 2.19. The van der Waals surface area contributed by atoms with Crippen LogP contribution in [0.4, 0.5) is 0 Å². The van der Waals surface area contributed by atoms with Crippen LogP contribution in [0.1, 0.15) is 47.0 Å². The molecule has 1 heteroatoms. The zero-order valence-corrected chi connectivity index (χ0v) is 10.2. The summed E-state index contributed by atoms with van der Waals surface area (Å²) in [6.45, 7) is 12.5. The molecule has 0 bridgehead atoms. The summed E-state index contributed by atoms with van der Waals surface area (Å²) in [5.74, 6) is 1.80. The summed E-state index contributed by atoms with van der Waals surface area (Å²) in [5.41, 5.74) is 0.539. The van der Waals surface area contributed by atoms with Crippen LogP contribution in [0.5, 0.6) is 0 Å². The summed E-state index contributed by atoms with van der Waals surface area (Å²) in [7, 11) is 0. The van der Waals surface area contributed by atoms with E-state index in [9.17, 15) is 0 Å². The van der Waals surface area contributed by atoms with Crippen LogP contribution in [-0.4, -0.2) is 24.0 Å². The molecule has 1 nitrogen and oxygen atoms in total. The minimum absolute atomic E-state index is 0.539. The normalized spacial score (nSPS) is 43.3. The predicted octanol–water partition coefficient (Wildman–Crippen LogP) is 3.15. The van der Waals surface area contributed by atoms with E-state index in [0.717, 1.165) is 17.9 Å². The van der Waals surface area contributed by atoms with Gasteiger partial charge in [-0.25, -0.2) is 0 Å². The monoisotopic (exact) mass is 195 g/mol. The van der Waals surface area contributed by atoms with E-state index in [4.69, 9.17) is 0 Å². The molecule has 2 heterocycles. The second kappa shape index (κ2) is 3.52. The highest BCUT2D eigenvalue weighted by molar-refractivity contribution is 4.97. The molecule has 3 atom stereocenters. The first-order valence-corrected chi connectivity index (χ1v) is 6.25. The van der Waals surface area contributed by atoms with Crippen LogP contribution in [0, 0.1) is 17.3 Å². The van der Waals surface area contributed by atoms with Crippen LogP contribution in [0.15, 0.2) is 0 Å². The van der Waals surface area contributed by atoms with Crippen LogP contribution < -0.4 is 0 Å². The van der Waals surface area contributed by atoms with Crippen LogP contribution in [0.2, 0.25) is 0 Å². The smallest absolute Gasteiger partial charge is 0.0172 e. The van der Waals surface area contributed by atoms with E-state index >= 15 is 0 Å². The van der Waals surface area contributed by atoms with Crippen molar-refractivity contribution in [2.24, 2.45) is 17.3 Å². The fourth-order valence-electron chi connectivity index (χ4n) is 4.23. The molecule has 82 valence electrons. The van der Waals surface area contributed by atoms with Crippen molar-refractivity contribution in [3.8, 4) is 0 Å². The van der Waals surface area contributed by atoms with Crippen LogP contribution in [0.3, 0.4) is 0 Å². The molecule has 2 saturated heterocycles. The third-order valence-electron chi connectivity index (χ3n) is 4.26. The molecule has 2 fully saturated rings. The molecule has 14 heavy (non-hydrogen) atoms. The highest BCUT2D eigenvalue weighted by Gasteiger charge is 2.44. The fraction of sp³-hybridized carbons (Fsp3) is 1.00. The Morgan fingerprint density at radius 3 is 2.64 bits per heavy atom. The second-order valence-corrected chi connectivity index (χ2v) is 6.36. The van der Waals surface area contributed by atoms with Gasteiger partial charge in [0.2, 0.25) is 0 Å². The molecule has 2 rings (SSSR count). The van der Waals surface area contributed by atoms with Gasteiger partial charge in [0.25, 0.3) is 0 Å². The largest absolute Gasteiger partial charge is 0.299 e. The average Bonchev–Trinajstić information content (AvgIpc) is 2.00. The maximum atomic E-state index is 2.77. The van der Waals surface area contributed by atoms with Gasteiger partial charge in [-0.05, 0) is 43.1 Å². The number of piperidine rings is 2. The van der Waals surface area contributed by atoms with Crippen LogP contribution in [0.25, 0.3) is 0 Å². The third-order valence-corrected chi connectivity index (χ3v) is 4.26. The van der Waals surface area contributed by atoms with E-state index < -0.39 is 0 Å². The lowest BCUT2D eigenvalue weighted by Gasteiger charge is -2.54. The van der Waals surface area contributed by atoms with E-state index in [0.29, 0.717) is 5.41 Å². The summed E-state index contributed by atoms with van der Waals surface area (Å²) in [4.78, 5) is 2.77. The first-order chi connectivity index (χ1) is 6.50. The van der Waals surface area contributed by atoms with Gasteiger partial charge in [-0.2, -0.15) is 0 Å². The molecule has 0 aromatic rings. The minimum Gasteiger partial charge on any atom is -0.299 e. The van der Waals surface area contributed by atoms with Crippen molar-refractivity contribution in [3.05, 3.63) is 0 Å². The van der Waals surface area contributed by atoms with E-state index in [1.165, 1.54) is 32.4 Å².